The van der Waals surface area contributed by atoms with Gasteiger partial charge >= 0.3 is 0 Å². The van der Waals surface area contributed by atoms with E-state index in [1.165, 1.54) is 17.7 Å². The van der Waals surface area contributed by atoms with Gasteiger partial charge in [0, 0.05) is 10.8 Å². The second-order valence-electron chi connectivity index (χ2n) is 3.22. The fourth-order valence-corrected chi connectivity index (χ4v) is 2.52. The van der Waals surface area contributed by atoms with E-state index in [2.05, 4.69) is 27.0 Å². The zero-order chi connectivity index (χ0) is 9.26. The minimum atomic E-state index is 0.586. The van der Waals surface area contributed by atoms with Crippen LogP contribution in [0.3, 0.4) is 0 Å². The molecule has 0 aliphatic heterocycles. The van der Waals surface area contributed by atoms with Crippen molar-refractivity contribution in [3.05, 3.63) is 20.8 Å². The monoisotopic (exact) mass is 258 g/mol. The first-order valence-corrected chi connectivity index (χ1v) is 5.90. The summed E-state index contributed by atoms with van der Waals surface area (Å²) in [7, 11) is 0. The summed E-state index contributed by atoms with van der Waals surface area (Å²) in [5.74, 6) is 1.42. The first-order valence-electron chi connectivity index (χ1n) is 4.30. The summed E-state index contributed by atoms with van der Waals surface area (Å²) in [5, 5.41) is 0. The van der Waals surface area contributed by atoms with Crippen molar-refractivity contribution in [2.45, 2.75) is 19.4 Å². The summed E-state index contributed by atoms with van der Waals surface area (Å²) >= 11 is 5.14. The predicted molar refractivity (Wildman–Crippen MR) is 60.1 cm³/mol. The van der Waals surface area contributed by atoms with Crippen molar-refractivity contribution in [1.82, 2.24) is 0 Å². The maximum Gasteiger partial charge on any atom is 0.0972 e. The summed E-state index contributed by atoms with van der Waals surface area (Å²) in [6.45, 7) is 0.735. The summed E-state index contributed by atoms with van der Waals surface area (Å²) in [4.78, 5) is 5.61. The number of halogens is 1. The Bertz CT molecular complexity index is 328. The van der Waals surface area contributed by atoms with Crippen molar-refractivity contribution >= 4 is 33.1 Å². The molecule has 1 heterocycles. The van der Waals surface area contributed by atoms with Crippen LogP contribution in [0.25, 0.3) is 0 Å². The molecule has 0 aromatic carbocycles. The van der Waals surface area contributed by atoms with Crippen LogP contribution in [0, 0.1) is 5.92 Å². The second-order valence-corrected chi connectivity index (χ2v) is 5.77. The minimum absolute atomic E-state index is 0.586. The average Bonchev–Trinajstić information content (AvgIpc) is 2.87. The van der Waals surface area contributed by atoms with Gasteiger partial charge in [-0.2, -0.15) is 0 Å². The van der Waals surface area contributed by atoms with E-state index < -0.39 is 0 Å². The number of nitrogens with two attached hydrogens (primary N) is 1. The third-order valence-electron chi connectivity index (χ3n) is 2.04. The SMILES string of the molecule is NC(=NCc1ccc(Br)s1)C1CC1. The Hall–Kier alpha value is -0.350. The highest BCUT2D eigenvalue weighted by molar-refractivity contribution is 9.11. The Morgan fingerprint density at radius 3 is 2.92 bits per heavy atom. The molecule has 2 nitrogen and oxygen atoms in total. The van der Waals surface area contributed by atoms with Gasteiger partial charge in [0.25, 0.3) is 0 Å². The smallest absolute Gasteiger partial charge is 0.0972 e. The lowest BCUT2D eigenvalue weighted by Gasteiger charge is -1.95. The Kier molecular flexibility index (Phi) is 2.69. The van der Waals surface area contributed by atoms with Crippen LogP contribution in [0.15, 0.2) is 20.9 Å². The molecule has 0 radical (unpaired) electrons. The highest BCUT2D eigenvalue weighted by atomic mass is 79.9. The summed E-state index contributed by atoms with van der Waals surface area (Å²) in [6.07, 6.45) is 2.45. The summed E-state index contributed by atoms with van der Waals surface area (Å²) in [5.41, 5.74) is 5.78. The molecule has 1 fully saturated rings. The third kappa shape index (κ3) is 2.54. The maximum atomic E-state index is 5.78. The van der Waals surface area contributed by atoms with Crippen LogP contribution in [-0.4, -0.2) is 5.84 Å². The molecule has 2 N–H and O–H groups in total. The van der Waals surface area contributed by atoms with Crippen LogP contribution in [0.4, 0.5) is 0 Å². The average molecular weight is 259 g/mol. The number of hydrogen-bond acceptors (Lipinski definition) is 2. The molecule has 4 heteroatoms. The van der Waals surface area contributed by atoms with Gasteiger partial charge in [0.05, 0.1) is 16.2 Å². The van der Waals surface area contributed by atoms with Crippen LogP contribution in [-0.2, 0) is 6.54 Å². The number of nitrogens with zero attached hydrogens (tertiary/aromatic N) is 1. The first kappa shape index (κ1) is 9.21. The summed E-state index contributed by atoms with van der Waals surface area (Å²) < 4.78 is 1.16. The van der Waals surface area contributed by atoms with Crippen molar-refractivity contribution < 1.29 is 0 Å². The number of thiophene rings is 1. The molecule has 0 bridgehead atoms. The molecule has 0 unspecified atom stereocenters. The van der Waals surface area contributed by atoms with Gasteiger partial charge in [-0.3, -0.25) is 4.99 Å². The fraction of sp³-hybridized carbons (Fsp3) is 0.444. The molecule has 0 atom stereocenters. The van der Waals surface area contributed by atoms with Crippen molar-refractivity contribution in [1.29, 1.82) is 0 Å². The van der Waals surface area contributed by atoms with Gasteiger partial charge in [0.2, 0.25) is 0 Å². The minimum Gasteiger partial charge on any atom is -0.387 e. The number of hydrogen-bond donors (Lipinski definition) is 1. The molecule has 13 heavy (non-hydrogen) atoms. The molecule has 1 aromatic heterocycles. The van der Waals surface area contributed by atoms with Gasteiger partial charge in [-0.15, -0.1) is 11.3 Å². The van der Waals surface area contributed by atoms with E-state index in [1.54, 1.807) is 11.3 Å². The molecule has 1 saturated carbocycles. The first-order chi connectivity index (χ1) is 6.25. The van der Waals surface area contributed by atoms with E-state index >= 15 is 0 Å². The highest BCUT2D eigenvalue weighted by Crippen LogP contribution is 2.29. The Labute approximate surface area is 90.0 Å². The number of rotatable bonds is 3. The van der Waals surface area contributed by atoms with Gasteiger partial charge in [0.1, 0.15) is 0 Å². The third-order valence-corrected chi connectivity index (χ3v) is 3.65. The van der Waals surface area contributed by atoms with Gasteiger partial charge < -0.3 is 5.73 Å². The molecule has 0 saturated heterocycles. The summed E-state index contributed by atoms with van der Waals surface area (Å²) in [6, 6.07) is 4.13. The normalized spacial score (nSPS) is 17.8. The zero-order valence-corrected chi connectivity index (χ0v) is 9.57. The molecule has 0 amide bonds. The number of aliphatic imine (C=N–C) groups is 1. The molecular weight excluding hydrogens is 248 g/mol. The quantitative estimate of drug-likeness (QED) is 0.657. The van der Waals surface area contributed by atoms with E-state index in [-0.39, 0.29) is 0 Å². The van der Waals surface area contributed by atoms with Crippen molar-refractivity contribution in [2.24, 2.45) is 16.6 Å². The lowest BCUT2D eigenvalue weighted by atomic mass is 10.4. The van der Waals surface area contributed by atoms with Crippen LogP contribution >= 0.6 is 27.3 Å². The molecule has 0 spiro atoms. The van der Waals surface area contributed by atoms with E-state index in [9.17, 15) is 0 Å². The van der Waals surface area contributed by atoms with Crippen LogP contribution in [0.5, 0.6) is 0 Å². The van der Waals surface area contributed by atoms with E-state index in [0.717, 1.165) is 16.2 Å². The zero-order valence-electron chi connectivity index (χ0n) is 7.16. The van der Waals surface area contributed by atoms with E-state index in [4.69, 9.17) is 5.73 Å². The van der Waals surface area contributed by atoms with Crippen LogP contribution in [0.2, 0.25) is 0 Å². The Morgan fingerprint density at radius 2 is 2.38 bits per heavy atom. The molecule has 2 rings (SSSR count). The van der Waals surface area contributed by atoms with Gasteiger partial charge in [0.15, 0.2) is 0 Å². The molecule has 70 valence electrons. The Morgan fingerprint density at radius 1 is 1.62 bits per heavy atom. The lowest BCUT2D eigenvalue weighted by molar-refractivity contribution is 1.04. The standard InChI is InChI=1S/C9H11BrN2S/c10-8-4-3-7(13-8)5-12-9(11)6-1-2-6/h3-4,6H,1-2,5H2,(H2,11,12). The van der Waals surface area contributed by atoms with E-state index in [0.29, 0.717) is 5.92 Å². The second kappa shape index (κ2) is 3.80. The van der Waals surface area contributed by atoms with Crippen LogP contribution < -0.4 is 5.73 Å². The number of amidine groups is 1. The van der Waals surface area contributed by atoms with Crippen molar-refractivity contribution in [3.63, 3.8) is 0 Å². The maximum absolute atomic E-state index is 5.78. The highest BCUT2D eigenvalue weighted by Gasteiger charge is 2.25. The molecule has 1 aromatic rings. The van der Waals surface area contributed by atoms with Gasteiger partial charge in [-0.05, 0) is 40.9 Å². The lowest BCUT2D eigenvalue weighted by Crippen LogP contribution is -2.13. The van der Waals surface area contributed by atoms with Gasteiger partial charge in [-0.25, -0.2) is 0 Å². The van der Waals surface area contributed by atoms with Gasteiger partial charge in [-0.1, -0.05) is 0 Å². The Balaban J connectivity index is 1.94. The predicted octanol–water partition coefficient (Wildman–Crippen LogP) is 2.78. The topological polar surface area (TPSA) is 38.4 Å². The van der Waals surface area contributed by atoms with E-state index in [1.807, 2.05) is 6.07 Å². The van der Waals surface area contributed by atoms with Crippen LogP contribution in [0.1, 0.15) is 17.7 Å². The fourth-order valence-electron chi connectivity index (χ4n) is 1.11. The van der Waals surface area contributed by atoms with Crippen molar-refractivity contribution in [3.8, 4) is 0 Å². The van der Waals surface area contributed by atoms with Crippen molar-refractivity contribution in [2.75, 3.05) is 0 Å². The molecular formula is C9H11BrN2S. The molecule has 1 aliphatic carbocycles. The molecule has 1 aliphatic rings. The largest absolute Gasteiger partial charge is 0.387 e.